The van der Waals surface area contributed by atoms with Crippen LogP contribution in [0.25, 0.3) is 0 Å². The van der Waals surface area contributed by atoms with Crippen molar-refractivity contribution in [1.82, 2.24) is 9.88 Å². The first-order valence-electron chi connectivity index (χ1n) is 6.02. The number of nitrogens with zero attached hydrogens (tertiary/aromatic N) is 3. The fraction of sp³-hybridized carbons (Fsp3) is 0.538. The number of hydrogen-bond acceptors (Lipinski definition) is 4. The highest BCUT2D eigenvalue weighted by atomic mass is 16.5. The number of rotatable bonds is 4. The molecule has 0 aliphatic carbocycles. The van der Waals surface area contributed by atoms with Crippen molar-refractivity contribution in [2.45, 2.75) is 19.8 Å². The Labute approximate surface area is 102 Å². The summed E-state index contributed by atoms with van der Waals surface area (Å²) >= 11 is 0. The summed E-state index contributed by atoms with van der Waals surface area (Å²) in [4.78, 5) is 6.62. The Hall–Kier alpha value is -1.60. The van der Waals surface area contributed by atoms with E-state index in [1.807, 2.05) is 13.0 Å². The number of pyridine rings is 1. The average Bonchev–Trinajstić information content (AvgIpc) is 2.82. The van der Waals surface area contributed by atoms with Crippen LogP contribution in [0.1, 0.15) is 24.1 Å². The summed E-state index contributed by atoms with van der Waals surface area (Å²) < 4.78 is 5.60. The molecule has 1 aliphatic rings. The molecule has 0 saturated carbocycles. The standard InChI is InChI=1S/C13H17N3O/c1-11-4-5-12(10-14)13(15-11)17-9-8-16-6-2-3-7-16/h4-5H,2-3,6-9H2,1H3. The first kappa shape index (κ1) is 11.9. The van der Waals surface area contributed by atoms with Crippen molar-refractivity contribution < 1.29 is 4.74 Å². The smallest absolute Gasteiger partial charge is 0.231 e. The molecule has 0 N–H and O–H groups in total. The number of likely N-dealkylation sites (tertiary alicyclic amines) is 1. The van der Waals surface area contributed by atoms with Gasteiger partial charge in [0.15, 0.2) is 0 Å². The van der Waals surface area contributed by atoms with Gasteiger partial charge < -0.3 is 4.74 Å². The van der Waals surface area contributed by atoms with E-state index >= 15 is 0 Å². The van der Waals surface area contributed by atoms with Crippen LogP contribution in [0, 0.1) is 18.3 Å². The highest BCUT2D eigenvalue weighted by Gasteiger charge is 2.11. The molecule has 0 radical (unpaired) electrons. The van der Waals surface area contributed by atoms with Crippen molar-refractivity contribution in [2.75, 3.05) is 26.2 Å². The van der Waals surface area contributed by atoms with E-state index < -0.39 is 0 Å². The summed E-state index contributed by atoms with van der Waals surface area (Å²) in [6.45, 7) is 5.74. The second-order valence-corrected chi connectivity index (χ2v) is 4.31. The summed E-state index contributed by atoms with van der Waals surface area (Å²) in [6, 6.07) is 5.68. The third-order valence-corrected chi connectivity index (χ3v) is 2.96. The molecule has 4 heteroatoms. The molecule has 0 aromatic carbocycles. The maximum atomic E-state index is 8.94. The fourth-order valence-electron chi connectivity index (χ4n) is 2.01. The maximum Gasteiger partial charge on any atom is 0.231 e. The summed E-state index contributed by atoms with van der Waals surface area (Å²) in [5.41, 5.74) is 1.39. The summed E-state index contributed by atoms with van der Waals surface area (Å²) in [5.74, 6) is 0.465. The Morgan fingerprint density at radius 1 is 1.41 bits per heavy atom. The van der Waals surface area contributed by atoms with Gasteiger partial charge >= 0.3 is 0 Å². The normalized spacial score (nSPS) is 15.8. The predicted octanol–water partition coefficient (Wildman–Crippen LogP) is 1.74. The molecular formula is C13H17N3O. The lowest BCUT2D eigenvalue weighted by molar-refractivity contribution is 0.231. The molecule has 0 spiro atoms. The molecule has 1 fully saturated rings. The van der Waals surface area contributed by atoms with Gasteiger partial charge in [-0.25, -0.2) is 4.98 Å². The van der Waals surface area contributed by atoms with Gasteiger partial charge in [-0.2, -0.15) is 5.26 Å². The van der Waals surface area contributed by atoms with Crippen molar-refractivity contribution in [3.63, 3.8) is 0 Å². The molecule has 0 atom stereocenters. The van der Waals surface area contributed by atoms with E-state index in [0.29, 0.717) is 18.1 Å². The summed E-state index contributed by atoms with van der Waals surface area (Å²) in [5, 5.41) is 8.94. The first-order valence-corrected chi connectivity index (χ1v) is 6.02. The van der Waals surface area contributed by atoms with Gasteiger partial charge in [-0.1, -0.05) is 0 Å². The number of aryl methyl sites for hydroxylation is 1. The topological polar surface area (TPSA) is 49.1 Å². The van der Waals surface area contributed by atoms with Crippen LogP contribution in [0.5, 0.6) is 5.88 Å². The highest BCUT2D eigenvalue weighted by molar-refractivity contribution is 5.38. The van der Waals surface area contributed by atoms with Crippen LogP contribution in [0.2, 0.25) is 0 Å². The zero-order chi connectivity index (χ0) is 12.1. The summed E-state index contributed by atoms with van der Waals surface area (Å²) in [7, 11) is 0. The number of ether oxygens (including phenoxy) is 1. The zero-order valence-corrected chi connectivity index (χ0v) is 10.1. The van der Waals surface area contributed by atoms with Crippen LogP contribution in [0.15, 0.2) is 12.1 Å². The second kappa shape index (κ2) is 5.65. The molecule has 1 aromatic rings. The minimum absolute atomic E-state index is 0.465. The van der Waals surface area contributed by atoms with Crippen molar-refractivity contribution >= 4 is 0 Å². The molecule has 0 amide bonds. The van der Waals surface area contributed by atoms with E-state index in [0.717, 1.165) is 25.3 Å². The Kier molecular flexibility index (Phi) is 3.94. The SMILES string of the molecule is Cc1ccc(C#N)c(OCCN2CCCC2)n1. The molecule has 1 aromatic heterocycles. The molecule has 2 rings (SSSR count). The molecule has 1 aliphatic heterocycles. The van der Waals surface area contributed by atoms with Gasteiger partial charge in [0.1, 0.15) is 18.2 Å². The molecule has 4 nitrogen and oxygen atoms in total. The average molecular weight is 231 g/mol. The third-order valence-electron chi connectivity index (χ3n) is 2.96. The van der Waals surface area contributed by atoms with E-state index in [1.165, 1.54) is 12.8 Å². The fourth-order valence-corrected chi connectivity index (χ4v) is 2.01. The minimum Gasteiger partial charge on any atom is -0.475 e. The van der Waals surface area contributed by atoms with E-state index in [1.54, 1.807) is 6.07 Å². The van der Waals surface area contributed by atoms with Crippen LogP contribution in [-0.2, 0) is 0 Å². The quantitative estimate of drug-likeness (QED) is 0.792. The monoisotopic (exact) mass is 231 g/mol. The van der Waals surface area contributed by atoms with Gasteiger partial charge in [-0.15, -0.1) is 0 Å². The summed E-state index contributed by atoms with van der Waals surface area (Å²) in [6.07, 6.45) is 2.57. The largest absolute Gasteiger partial charge is 0.475 e. The molecule has 90 valence electrons. The first-order chi connectivity index (χ1) is 8.29. The minimum atomic E-state index is 0.465. The molecule has 1 saturated heterocycles. The Morgan fingerprint density at radius 2 is 2.18 bits per heavy atom. The van der Waals surface area contributed by atoms with Gasteiger partial charge in [0.25, 0.3) is 0 Å². The lowest BCUT2D eigenvalue weighted by Crippen LogP contribution is -2.25. The zero-order valence-electron chi connectivity index (χ0n) is 10.1. The van der Waals surface area contributed by atoms with Crippen molar-refractivity contribution in [3.05, 3.63) is 23.4 Å². The Morgan fingerprint density at radius 3 is 2.88 bits per heavy atom. The number of aromatic nitrogens is 1. The molecule has 2 heterocycles. The molecule has 0 bridgehead atoms. The predicted molar refractivity (Wildman–Crippen MR) is 64.9 cm³/mol. The Balaban J connectivity index is 1.89. The van der Waals surface area contributed by atoms with Crippen LogP contribution >= 0.6 is 0 Å². The third kappa shape index (κ3) is 3.18. The van der Waals surface area contributed by atoms with Crippen LogP contribution < -0.4 is 4.74 Å². The Bertz CT molecular complexity index is 419. The number of nitriles is 1. The van der Waals surface area contributed by atoms with Crippen molar-refractivity contribution in [3.8, 4) is 11.9 Å². The van der Waals surface area contributed by atoms with Gasteiger partial charge in [-0.3, -0.25) is 4.90 Å². The van der Waals surface area contributed by atoms with Crippen LogP contribution in [0.3, 0.4) is 0 Å². The molecular weight excluding hydrogens is 214 g/mol. The van der Waals surface area contributed by atoms with E-state index in [9.17, 15) is 0 Å². The van der Waals surface area contributed by atoms with Gasteiger partial charge in [0.05, 0.1) is 0 Å². The van der Waals surface area contributed by atoms with E-state index in [4.69, 9.17) is 10.00 Å². The highest BCUT2D eigenvalue weighted by Crippen LogP contribution is 2.15. The van der Waals surface area contributed by atoms with Gasteiger partial charge in [0, 0.05) is 12.2 Å². The second-order valence-electron chi connectivity index (χ2n) is 4.31. The van der Waals surface area contributed by atoms with Crippen LogP contribution in [-0.4, -0.2) is 36.1 Å². The molecule has 17 heavy (non-hydrogen) atoms. The molecule has 0 unspecified atom stereocenters. The van der Waals surface area contributed by atoms with Crippen molar-refractivity contribution in [1.29, 1.82) is 5.26 Å². The lowest BCUT2D eigenvalue weighted by atomic mass is 10.2. The van der Waals surface area contributed by atoms with Gasteiger partial charge in [-0.05, 0) is 45.0 Å². The van der Waals surface area contributed by atoms with Crippen molar-refractivity contribution in [2.24, 2.45) is 0 Å². The van der Waals surface area contributed by atoms with Crippen LogP contribution in [0.4, 0.5) is 0 Å². The van der Waals surface area contributed by atoms with E-state index in [2.05, 4.69) is 16.0 Å². The van der Waals surface area contributed by atoms with Gasteiger partial charge in [0.2, 0.25) is 5.88 Å². The maximum absolute atomic E-state index is 8.94. The van der Waals surface area contributed by atoms with E-state index in [-0.39, 0.29) is 0 Å². The number of hydrogen-bond donors (Lipinski definition) is 0. The lowest BCUT2D eigenvalue weighted by Gasteiger charge is -2.14.